The molecule has 0 aliphatic rings. The largest absolute Gasteiger partial charge is 0.398 e. The van der Waals surface area contributed by atoms with E-state index in [1.165, 1.54) is 0 Å². The molecule has 4 nitrogen and oxygen atoms in total. The summed E-state index contributed by atoms with van der Waals surface area (Å²) in [4.78, 5) is 0. The number of sulfonamides is 1. The average Bonchev–Trinajstić information content (AvgIpc) is 2.67. The third-order valence-electron chi connectivity index (χ3n) is 2.70. The van der Waals surface area contributed by atoms with Crippen LogP contribution in [0.4, 0.5) is 11.4 Å². The molecule has 0 saturated heterocycles. The maximum atomic E-state index is 12.3. The zero-order valence-corrected chi connectivity index (χ0v) is 14.7. The Balaban J connectivity index is 2.40. The van der Waals surface area contributed by atoms with Gasteiger partial charge < -0.3 is 5.73 Å². The number of nitrogen functional groups attached to an aromatic ring is 1. The molecule has 0 amide bonds. The highest BCUT2D eigenvalue weighted by molar-refractivity contribution is 9.10. The molecular formula is C12H12BrClN2O2S2. The van der Waals surface area contributed by atoms with E-state index in [-0.39, 0.29) is 4.21 Å². The zero-order chi connectivity index (χ0) is 15.1. The second kappa shape index (κ2) is 5.55. The number of nitrogens with one attached hydrogen (secondary N) is 1. The van der Waals surface area contributed by atoms with Gasteiger partial charge in [0.15, 0.2) is 0 Å². The predicted molar refractivity (Wildman–Crippen MR) is 88.2 cm³/mol. The van der Waals surface area contributed by atoms with Crippen LogP contribution in [-0.4, -0.2) is 8.42 Å². The van der Waals surface area contributed by atoms with Crippen LogP contribution in [0.25, 0.3) is 0 Å². The van der Waals surface area contributed by atoms with Gasteiger partial charge in [0.05, 0.1) is 10.0 Å². The molecule has 1 heterocycles. The topological polar surface area (TPSA) is 72.2 Å². The highest BCUT2D eigenvalue weighted by Gasteiger charge is 2.20. The first kappa shape index (κ1) is 15.6. The number of thiophene rings is 1. The summed E-state index contributed by atoms with van der Waals surface area (Å²) in [5, 5.41) is 0. The minimum atomic E-state index is -3.67. The molecule has 8 heteroatoms. The van der Waals surface area contributed by atoms with Gasteiger partial charge in [-0.1, -0.05) is 11.6 Å². The van der Waals surface area contributed by atoms with Gasteiger partial charge >= 0.3 is 0 Å². The summed E-state index contributed by atoms with van der Waals surface area (Å²) in [5.74, 6) is 0. The molecule has 0 radical (unpaired) electrons. The van der Waals surface area contributed by atoms with Gasteiger partial charge in [-0.15, -0.1) is 11.3 Å². The van der Waals surface area contributed by atoms with Gasteiger partial charge in [-0.25, -0.2) is 8.42 Å². The van der Waals surface area contributed by atoms with E-state index in [2.05, 4.69) is 20.7 Å². The summed E-state index contributed by atoms with van der Waals surface area (Å²) in [7, 11) is -3.67. The fraction of sp³-hybridized carbons (Fsp3) is 0.167. The summed E-state index contributed by atoms with van der Waals surface area (Å²) in [6.45, 7) is 3.61. The minimum absolute atomic E-state index is 0.172. The van der Waals surface area contributed by atoms with Crippen molar-refractivity contribution in [3.63, 3.8) is 0 Å². The standard InChI is InChI=1S/C12H12BrClN2O2S2/c1-6-3-8(13)10(5-9(6)15)16-20(17,18)11-4-7(2)12(14)19-11/h3-5,16H,15H2,1-2H3. The van der Waals surface area contributed by atoms with Crippen LogP contribution in [0.3, 0.4) is 0 Å². The second-order valence-corrected chi connectivity index (χ2v) is 8.73. The van der Waals surface area contributed by atoms with E-state index in [1.807, 2.05) is 6.92 Å². The summed E-state index contributed by atoms with van der Waals surface area (Å²) in [5.41, 5.74) is 8.33. The third-order valence-corrected chi connectivity index (χ3v) is 6.75. The van der Waals surface area contributed by atoms with E-state index in [0.29, 0.717) is 20.2 Å². The maximum Gasteiger partial charge on any atom is 0.271 e. The number of hydrogen-bond donors (Lipinski definition) is 2. The number of anilines is 2. The lowest BCUT2D eigenvalue weighted by Crippen LogP contribution is -2.12. The van der Waals surface area contributed by atoms with Gasteiger partial charge in [-0.05, 0) is 59.1 Å². The van der Waals surface area contributed by atoms with E-state index < -0.39 is 10.0 Å². The van der Waals surface area contributed by atoms with Gasteiger partial charge in [-0.2, -0.15) is 0 Å². The summed E-state index contributed by atoms with van der Waals surface area (Å²) in [6.07, 6.45) is 0. The number of rotatable bonds is 3. The van der Waals surface area contributed by atoms with Crippen molar-refractivity contribution >= 4 is 60.3 Å². The molecular weight excluding hydrogens is 384 g/mol. The fourth-order valence-corrected chi connectivity index (χ4v) is 4.99. The Labute approximate surface area is 135 Å². The van der Waals surface area contributed by atoms with E-state index in [4.69, 9.17) is 17.3 Å². The van der Waals surface area contributed by atoms with Crippen molar-refractivity contribution in [1.82, 2.24) is 0 Å². The van der Waals surface area contributed by atoms with E-state index >= 15 is 0 Å². The first-order valence-corrected chi connectivity index (χ1v) is 9.02. The normalized spacial score (nSPS) is 11.6. The van der Waals surface area contributed by atoms with Gasteiger partial charge in [0.25, 0.3) is 10.0 Å². The first-order valence-electron chi connectivity index (χ1n) is 5.55. The van der Waals surface area contributed by atoms with Crippen LogP contribution in [-0.2, 0) is 10.0 Å². The minimum Gasteiger partial charge on any atom is -0.398 e. The molecule has 0 aliphatic heterocycles. The maximum absolute atomic E-state index is 12.3. The Hall–Kier alpha value is -0.760. The predicted octanol–water partition coefficient (Wildman–Crippen LogP) is 4.16. The van der Waals surface area contributed by atoms with E-state index in [1.54, 1.807) is 25.1 Å². The molecule has 0 unspecified atom stereocenters. The molecule has 1 aromatic carbocycles. The molecule has 3 N–H and O–H groups in total. The highest BCUT2D eigenvalue weighted by atomic mass is 79.9. The van der Waals surface area contributed by atoms with Crippen LogP contribution in [0.15, 0.2) is 26.9 Å². The van der Waals surface area contributed by atoms with E-state index in [0.717, 1.165) is 22.5 Å². The van der Waals surface area contributed by atoms with E-state index in [9.17, 15) is 8.42 Å². The van der Waals surface area contributed by atoms with Gasteiger partial charge in [0, 0.05) is 10.2 Å². The van der Waals surface area contributed by atoms with Crippen LogP contribution < -0.4 is 10.5 Å². The highest BCUT2D eigenvalue weighted by Crippen LogP contribution is 2.33. The molecule has 0 bridgehead atoms. The van der Waals surface area contributed by atoms with Crippen LogP contribution in [0.5, 0.6) is 0 Å². The lowest BCUT2D eigenvalue weighted by atomic mass is 10.2. The SMILES string of the molecule is Cc1cc(Br)c(NS(=O)(=O)c2cc(C)c(Cl)s2)cc1N. The zero-order valence-electron chi connectivity index (χ0n) is 10.7. The van der Waals surface area contributed by atoms with Crippen molar-refractivity contribution in [3.05, 3.63) is 38.1 Å². The van der Waals surface area contributed by atoms with Gasteiger partial charge in [-0.3, -0.25) is 4.72 Å². The van der Waals surface area contributed by atoms with Crippen molar-refractivity contribution in [3.8, 4) is 0 Å². The van der Waals surface area contributed by atoms with Crippen molar-refractivity contribution in [2.24, 2.45) is 0 Å². The molecule has 20 heavy (non-hydrogen) atoms. The van der Waals surface area contributed by atoms with Crippen LogP contribution in [0.2, 0.25) is 4.34 Å². The number of benzene rings is 1. The number of hydrogen-bond acceptors (Lipinski definition) is 4. The molecule has 2 rings (SSSR count). The van der Waals surface area contributed by atoms with Crippen molar-refractivity contribution in [2.45, 2.75) is 18.1 Å². The first-order chi connectivity index (χ1) is 9.20. The quantitative estimate of drug-likeness (QED) is 0.766. The number of aryl methyl sites for hydroxylation is 2. The number of halogens is 2. The molecule has 0 aliphatic carbocycles. The Morgan fingerprint density at radius 2 is 1.90 bits per heavy atom. The lowest BCUT2D eigenvalue weighted by Gasteiger charge is -2.10. The van der Waals surface area contributed by atoms with Gasteiger partial charge in [0.1, 0.15) is 4.21 Å². The molecule has 0 spiro atoms. The summed E-state index contributed by atoms with van der Waals surface area (Å²) in [6, 6.07) is 4.89. The molecule has 1 aromatic heterocycles. The Bertz CT molecular complexity index is 753. The van der Waals surface area contributed by atoms with Crippen LogP contribution >= 0.6 is 38.9 Å². The third kappa shape index (κ3) is 3.11. The monoisotopic (exact) mass is 394 g/mol. The number of nitrogens with two attached hydrogens (primary N) is 1. The van der Waals surface area contributed by atoms with Crippen molar-refractivity contribution < 1.29 is 8.42 Å². The molecule has 0 atom stereocenters. The Morgan fingerprint density at radius 1 is 1.25 bits per heavy atom. The summed E-state index contributed by atoms with van der Waals surface area (Å²) >= 11 is 10.3. The van der Waals surface area contributed by atoms with Gasteiger partial charge in [0.2, 0.25) is 0 Å². The molecule has 2 aromatic rings. The fourth-order valence-electron chi connectivity index (χ4n) is 1.53. The Morgan fingerprint density at radius 3 is 2.45 bits per heavy atom. The van der Waals surface area contributed by atoms with Crippen molar-refractivity contribution in [1.29, 1.82) is 0 Å². The Kier molecular flexibility index (Phi) is 4.34. The molecule has 0 fully saturated rings. The smallest absolute Gasteiger partial charge is 0.271 e. The summed E-state index contributed by atoms with van der Waals surface area (Å²) < 4.78 is 28.4. The second-order valence-electron chi connectivity index (χ2n) is 4.32. The molecule has 0 saturated carbocycles. The lowest BCUT2D eigenvalue weighted by molar-refractivity contribution is 0.603. The average molecular weight is 396 g/mol. The van der Waals surface area contributed by atoms with Crippen LogP contribution in [0.1, 0.15) is 11.1 Å². The van der Waals surface area contributed by atoms with Crippen LogP contribution in [0, 0.1) is 13.8 Å². The van der Waals surface area contributed by atoms with Crippen molar-refractivity contribution in [2.75, 3.05) is 10.5 Å². The molecule has 108 valence electrons.